The van der Waals surface area contributed by atoms with Gasteiger partial charge in [0.15, 0.2) is 17.7 Å². The van der Waals surface area contributed by atoms with Gasteiger partial charge in [-0.25, -0.2) is 19.4 Å². The number of nitrogens with zero attached hydrogens (tertiary/aromatic N) is 4. The second kappa shape index (κ2) is 11.4. The van der Waals surface area contributed by atoms with Gasteiger partial charge in [-0.2, -0.15) is 9.97 Å². The molecule has 0 bridgehead atoms. The van der Waals surface area contributed by atoms with Crippen molar-refractivity contribution in [1.29, 1.82) is 0 Å². The van der Waals surface area contributed by atoms with E-state index in [0.717, 1.165) is 0 Å². The number of nitrogen functional groups attached to an aromatic ring is 1. The Bertz CT molecular complexity index is 1750. The van der Waals surface area contributed by atoms with Crippen molar-refractivity contribution >= 4 is 46.5 Å². The SMILES string of the molecule is C[C@@]1(O)[C@@H](COC(Cc2ccc(-c3ccccc3C(=O)O)cc2)(C(=O)O)C(=O)O)O[C@@H](n2cnc3c(N)nc(Cl)nc32)[C@@H]1O. The molecule has 1 saturated heterocycles. The van der Waals surface area contributed by atoms with Crippen LogP contribution in [0.3, 0.4) is 0 Å². The van der Waals surface area contributed by atoms with Crippen molar-refractivity contribution in [1.82, 2.24) is 19.5 Å². The molecule has 0 aliphatic carbocycles. The normalized spacial score (nSPS) is 21.9. The molecule has 2 aromatic carbocycles. The van der Waals surface area contributed by atoms with E-state index in [-0.39, 0.29) is 33.4 Å². The summed E-state index contributed by atoms with van der Waals surface area (Å²) in [5.74, 6) is -4.80. The molecule has 3 heterocycles. The number of fused-ring (bicyclic) bond motifs is 1. The molecule has 2 aromatic heterocycles. The van der Waals surface area contributed by atoms with E-state index in [4.69, 9.17) is 26.8 Å². The number of aliphatic hydroxyl groups excluding tert-OH is 1. The molecule has 1 aliphatic rings. The van der Waals surface area contributed by atoms with E-state index in [0.29, 0.717) is 11.1 Å². The van der Waals surface area contributed by atoms with Crippen molar-refractivity contribution in [2.45, 2.75) is 43.0 Å². The quantitative estimate of drug-likeness (QED) is 0.108. The van der Waals surface area contributed by atoms with Crippen LogP contribution in [0.2, 0.25) is 5.28 Å². The monoisotopic (exact) mass is 627 g/mol. The van der Waals surface area contributed by atoms with Crippen LogP contribution < -0.4 is 5.73 Å². The Balaban J connectivity index is 1.39. The van der Waals surface area contributed by atoms with Gasteiger partial charge in [0.25, 0.3) is 5.60 Å². The highest BCUT2D eigenvalue weighted by Crippen LogP contribution is 2.39. The number of aliphatic carboxylic acids is 2. The van der Waals surface area contributed by atoms with Crippen LogP contribution in [0, 0.1) is 0 Å². The van der Waals surface area contributed by atoms with Crippen LogP contribution in [0.4, 0.5) is 5.82 Å². The summed E-state index contributed by atoms with van der Waals surface area (Å²) in [5, 5.41) is 51.4. The average Bonchev–Trinajstić information content (AvgIpc) is 3.48. The maximum atomic E-state index is 12.4. The molecule has 1 fully saturated rings. The number of hydrogen-bond donors (Lipinski definition) is 6. The summed E-state index contributed by atoms with van der Waals surface area (Å²) < 4.78 is 12.6. The molecule has 16 heteroatoms. The van der Waals surface area contributed by atoms with Gasteiger partial charge < -0.3 is 40.7 Å². The highest BCUT2D eigenvalue weighted by Gasteiger charge is 2.56. The van der Waals surface area contributed by atoms with Crippen molar-refractivity contribution in [2.75, 3.05) is 12.3 Å². The number of carboxylic acids is 3. The van der Waals surface area contributed by atoms with Crippen molar-refractivity contribution in [3.8, 4) is 11.1 Å². The number of nitrogens with two attached hydrogens (primary N) is 1. The fraction of sp³-hybridized carbons (Fsp3) is 0.286. The second-order valence-corrected chi connectivity index (χ2v) is 10.7. The van der Waals surface area contributed by atoms with E-state index < -0.39 is 60.6 Å². The first kappa shape index (κ1) is 30.8. The second-order valence-electron chi connectivity index (χ2n) is 10.4. The Morgan fingerprint density at radius 3 is 2.39 bits per heavy atom. The molecule has 230 valence electrons. The maximum Gasteiger partial charge on any atom is 0.348 e. The summed E-state index contributed by atoms with van der Waals surface area (Å²) in [5.41, 5.74) is 2.45. The minimum atomic E-state index is -2.82. The Hall–Kier alpha value is -4.67. The van der Waals surface area contributed by atoms with Gasteiger partial charge in [-0.3, -0.25) is 4.57 Å². The Morgan fingerprint density at radius 2 is 1.75 bits per heavy atom. The third kappa shape index (κ3) is 5.31. The number of imidazole rings is 1. The number of anilines is 1. The Morgan fingerprint density at radius 1 is 1.09 bits per heavy atom. The number of aromatic nitrogens is 4. The molecule has 15 nitrogen and oxygen atoms in total. The maximum absolute atomic E-state index is 12.4. The third-order valence-corrected chi connectivity index (χ3v) is 7.74. The fourth-order valence-corrected chi connectivity index (χ4v) is 5.20. The Kier molecular flexibility index (Phi) is 8.00. The fourth-order valence-electron chi connectivity index (χ4n) is 5.03. The lowest BCUT2D eigenvalue weighted by molar-refractivity contribution is -0.192. The minimum Gasteiger partial charge on any atom is -0.479 e. The average molecular weight is 628 g/mol. The number of halogens is 1. The minimum absolute atomic E-state index is 0.0373. The lowest BCUT2D eigenvalue weighted by Crippen LogP contribution is -2.54. The predicted octanol–water partition coefficient (Wildman–Crippen LogP) is 1.60. The highest BCUT2D eigenvalue weighted by molar-refractivity contribution is 6.28. The molecule has 44 heavy (non-hydrogen) atoms. The number of benzene rings is 2. The number of hydrogen-bond acceptors (Lipinski definition) is 11. The molecule has 0 saturated carbocycles. The summed E-state index contributed by atoms with van der Waals surface area (Å²) in [6.07, 6.45) is -3.77. The number of carbonyl (C=O) groups is 3. The van der Waals surface area contributed by atoms with E-state index in [1.807, 2.05) is 0 Å². The largest absolute Gasteiger partial charge is 0.479 e. The van der Waals surface area contributed by atoms with Crippen molar-refractivity contribution in [3.63, 3.8) is 0 Å². The summed E-state index contributed by atoms with van der Waals surface area (Å²) in [7, 11) is 0. The zero-order chi connectivity index (χ0) is 32.0. The van der Waals surface area contributed by atoms with Gasteiger partial charge in [0.1, 0.15) is 23.3 Å². The first-order chi connectivity index (χ1) is 20.8. The van der Waals surface area contributed by atoms with E-state index in [9.17, 15) is 39.9 Å². The first-order valence-electron chi connectivity index (χ1n) is 13.0. The number of aromatic carboxylic acids is 1. The zero-order valence-corrected chi connectivity index (χ0v) is 23.6. The molecule has 7 N–H and O–H groups in total. The molecule has 0 unspecified atom stereocenters. The van der Waals surface area contributed by atoms with Crippen LogP contribution in [0.1, 0.15) is 29.1 Å². The van der Waals surface area contributed by atoms with E-state index >= 15 is 0 Å². The zero-order valence-electron chi connectivity index (χ0n) is 22.9. The number of aliphatic hydroxyl groups is 2. The van der Waals surface area contributed by atoms with Crippen LogP contribution in [0.5, 0.6) is 0 Å². The summed E-state index contributed by atoms with van der Waals surface area (Å²) in [6, 6.07) is 12.3. The van der Waals surface area contributed by atoms with Crippen molar-refractivity contribution in [2.24, 2.45) is 0 Å². The molecule has 0 radical (unpaired) electrons. The van der Waals surface area contributed by atoms with Gasteiger partial charge in [0.05, 0.1) is 18.5 Å². The van der Waals surface area contributed by atoms with Gasteiger partial charge >= 0.3 is 17.9 Å². The molecule has 1 aliphatic heterocycles. The molecule has 5 rings (SSSR count). The Labute approximate surface area is 253 Å². The van der Waals surface area contributed by atoms with Crippen LogP contribution in [0.15, 0.2) is 54.9 Å². The van der Waals surface area contributed by atoms with Crippen LogP contribution in [0.25, 0.3) is 22.3 Å². The predicted molar refractivity (Wildman–Crippen MR) is 152 cm³/mol. The van der Waals surface area contributed by atoms with Crippen LogP contribution >= 0.6 is 11.6 Å². The van der Waals surface area contributed by atoms with E-state index in [1.165, 1.54) is 48.1 Å². The van der Waals surface area contributed by atoms with Gasteiger partial charge in [0.2, 0.25) is 5.28 Å². The van der Waals surface area contributed by atoms with E-state index in [1.54, 1.807) is 18.2 Å². The van der Waals surface area contributed by atoms with Gasteiger partial charge in [0, 0.05) is 6.42 Å². The third-order valence-electron chi connectivity index (χ3n) is 7.57. The lowest BCUT2D eigenvalue weighted by atomic mass is 9.91. The summed E-state index contributed by atoms with van der Waals surface area (Å²) in [4.78, 5) is 48.3. The van der Waals surface area contributed by atoms with Gasteiger partial charge in [-0.15, -0.1) is 0 Å². The standard InChI is InChI=1S/C28H26ClN5O10/c1-27(42)17(44-22(19(27)35)34-12-31-18-20(30)32-26(29)33-21(18)34)11-43-28(24(38)39,25(40)41)10-13-6-8-14(9-7-13)15-4-2-3-5-16(15)23(36)37/h2-9,12,17,19,22,35,42H,10-11H2,1H3,(H,36,37)(H,38,39)(H,40,41)(H2,30,32,33)/t17-,19+,22-,27-/m1/s1. The molecule has 4 aromatic rings. The summed E-state index contributed by atoms with van der Waals surface area (Å²) in [6.45, 7) is 0.464. The molecule has 0 amide bonds. The number of ether oxygens (including phenoxy) is 2. The first-order valence-corrected chi connectivity index (χ1v) is 13.4. The topological polar surface area (TPSA) is 240 Å². The summed E-state index contributed by atoms with van der Waals surface area (Å²) >= 11 is 5.91. The van der Waals surface area contributed by atoms with Crippen LogP contribution in [-0.2, 0) is 25.5 Å². The van der Waals surface area contributed by atoms with Crippen molar-refractivity contribution in [3.05, 3.63) is 71.3 Å². The number of carboxylic acid groups (broad SMARTS) is 3. The molecular formula is C28H26ClN5O10. The molecule has 0 spiro atoms. The molecular weight excluding hydrogens is 602 g/mol. The van der Waals surface area contributed by atoms with Gasteiger partial charge in [-0.05, 0) is 41.3 Å². The van der Waals surface area contributed by atoms with Crippen molar-refractivity contribution < 1.29 is 49.4 Å². The smallest absolute Gasteiger partial charge is 0.348 e. The lowest BCUT2D eigenvalue weighted by Gasteiger charge is -2.30. The number of rotatable bonds is 10. The molecule has 4 atom stereocenters. The van der Waals surface area contributed by atoms with Gasteiger partial charge in [-0.1, -0.05) is 42.5 Å². The highest BCUT2D eigenvalue weighted by atomic mass is 35.5. The van der Waals surface area contributed by atoms with Crippen LogP contribution in [-0.4, -0.2) is 93.0 Å². The van der Waals surface area contributed by atoms with E-state index in [2.05, 4.69) is 15.0 Å².